The molecule has 1 amide bonds. The molecule has 1 aromatic rings. The summed E-state index contributed by atoms with van der Waals surface area (Å²) >= 11 is 0. The second-order valence-corrected chi connectivity index (χ2v) is 3.70. The lowest BCUT2D eigenvalue weighted by Crippen LogP contribution is -2.19. The van der Waals surface area contributed by atoms with Gasteiger partial charge in [0.25, 0.3) is 0 Å². The summed E-state index contributed by atoms with van der Waals surface area (Å²) < 4.78 is 15.7. The van der Waals surface area contributed by atoms with Crippen LogP contribution in [0.4, 0.5) is 4.79 Å². The normalized spacial score (nSPS) is 21.2. The SMILES string of the molecule is Cl.O=C1N[C@@H](c2ccc3c(c2)OCCO3)CO1. The standard InChI is InChI=1S/C11H11NO4.ClH/c13-11-12-8(6-16-11)7-1-2-9-10(5-7)15-4-3-14-9;/h1-2,5,8H,3-4,6H2,(H,12,13);1H/t8-;/m1./s1. The molecule has 92 valence electrons. The number of ether oxygens (including phenoxy) is 3. The third-order valence-electron chi connectivity index (χ3n) is 2.64. The summed E-state index contributed by atoms with van der Waals surface area (Å²) in [6.45, 7) is 1.50. The Kier molecular flexibility index (Phi) is 3.28. The number of carbonyl (C=O) groups is 1. The quantitative estimate of drug-likeness (QED) is 0.831. The fraction of sp³-hybridized carbons (Fsp3) is 0.364. The number of hydrogen-bond acceptors (Lipinski definition) is 4. The van der Waals surface area contributed by atoms with E-state index in [9.17, 15) is 4.79 Å². The van der Waals surface area contributed by atoms with E-state index in [4.69, 9.17) is 14.2 Å². The van der Waals surface area contributed by atoms with E-state index < -0.39 is 0 Å². The van der Waals surface area contributed by atoms with Crippen LogP contribution in [0.25, 0.3) is 0 Å². The van der Waals surface area contributed by atoms with Gasteiger partial charge in [-0.3, -0.25) is 0 Å². The molecule has 1 N–H and O–H groups in total. The molecule has 0 unspecified atom stereocenters. The third-order valence-corrected chi connectivity index (χ3v) is 2.64. The second-order valence-electron chi connectivity index (χ2n) is 3.70. The van der Waals surface area contributed by atoms with E-state index in [0.29, 0.717) is 19.8 Å². The van der Waals surface area contributed by atoms with Gasteiger partial charge in [0, 0.05) is 0 Å². The lowest BCUT2D eigenvalue weighted by Gasteiger charge is -2.19. The molecule has 0 radical (unpaired) electrons. The molecule has 0 bridgehead atoms. The number of hydrogen-bond donors (Lipinski definition) is 1. The molecule has 2 aliphatic heterocycles. The molecule has 2 heterocycles. The Labute approximate surface area is 104 Å². The minimum absolute atomic E-state index is 0. The van der Waals surface area contributed by atoms with Crippen molar-refractivity contribution in [3.8, 4) is 11.5 Å². The van der Waals surface area contributed by atoms with Gasteiger partial charge in [0.1, 0.15) is 19.8 Å². The van der Waals surface area contributed by atoms with Crippen LogP contribution in [-0.4, -0.2) is 25.9 Å². The van der Waals surface area contributed by atoms with Gasteiger partial charge in [-0.1, -0.05) is 6.07 Å². The molecule has 0 aromatic heterocycles. The predicted octanol–water partition coefficient (Wildman–Crippen LogP) is 1.66. The summed E-state index contributed by atoms with van der Waals surface area (Å²) in [6.07, 6.45) is -0.375. The first-order valence-corrected chi connectivity index (χ1v) is 5.16. The van der Waals surface area contributed by atoms with E-state index >= 15 is 0 Å². The van der Waals surface area contributed by atoms with Crippen molar-refractivity contribution in [3.63, 3.8) is 0 Å². The Morgan fingerprint density at radius 3 is 2.59 bits per heavy atom. The van der Waals surface area contributed by atoms with E-state index in [2.05, 4.69) is 5.32 Å². The Bertz CT molecular complexity index is 437. The number of cyclic esters (lactones) is 1. The maximum atomic E-state index is 10.9. The number of nitrogens with one attached hydrogen (secondary N) is 1. The summed E-state index contributed by atoms with van der Waals surface area (Å²) in [5.41, 5.74) is 0.968. The first-order chi connectivity index (χ1) is 7.83. The number of benzene rings is 1. The Hall–Kier alpha value is -1.62. The molecule has 6 heteroatoms. The van der Waals surface area contributed by atoms with Gasteiger partial charge in [-0.15, -0.1) is 12.4 Å². The maximum Gasteiger partial charge on any atom is 0.407 e. The highest BCUT2D eigenvalue weighted by molar-refractivity contribution is 5.85. The predicted molar refractivity (Wildman–Crippen MR) is 61.9 cm³/mol. The van der Waals surface area contributed by atoms with Gasteiger partial charge in [-0.05, 0) is 17.7 Å². The van der Waals surface area contributed by atoms with Crippen molar-refractivity contribution in [1.82, 2.24) is 5.32 Å². The number of amides is 1. The fourth-order valence-electron chi connectivity index (χ4n) is 1.84. The molecule has 0 aliphatic carbocycles. The van der Waals surface area contributed by atoms with Gasteiger partial charge < -0.3 is 19.5 Å². The van der Waals surface area contributed by atoms with Crippen LogP contribution in [-0.2, 0) is 4.74 Å². The third kappa shape index (κ3) is 2.24. The summed E-state index contributed by atoms with van der Waals surface area (Å²) in [7, 11) is 0. The van der Waals surface area contributed by atoms with Gasteiger partial charge in [0.2, 0.25) is 0 Å². The minimum atomic E-state index is -0.375. The minimum Gasteiger partial charge on any atom is -0.486 e. The zero-order valence-corrected chi connectivity index (χ0v) is 9.79. The van der Waals surface area contributed by atoms with Crippen LogP contribution >= 0.6 is 12.4 Å². The van der Waals surface area contributed by atoms with Crippen LogP contribution in [0.2, 0.25) is 0 Å². The summed E-state index contributed by atoms with van der Waals surface area (Å²) in [5.74, 6) is 1.48. The van der Waals surface area contributed by atoms with Crippen LogP contribution < -0.4 is 14.8 Å². The zero-order chi connectivity index (χ0) is 11.0. The van der Waals surface area contributed by atoms with E-state index in [1.54, 1.807) is 0 Å². The van der Waals surface area contributed by atoms with Crippen LogP contribution in [0.3, 0.4) is 0 Å². The van der Waals surface area contributed by atoms with Gasteiger partial charge in [-0.2, -0.15) is 0 Å². The van der Waals surface area contributed by atoms with Crippen LogP contribution in [0.1, 0.15) is 11.6 Å². The van der Waals surface area contributed by atoms with Crippen molar-refractivity contribution < 1.29 is 19.0 Å². The first-order valence-electron chi connectivity index (χ1n) is 5.16. The molecule has 17 heavy (non-hydrogen) atoms. The second kappa shape index (κ2) is 4.71. The summed E-state index contributed by atoms with van der Waals surface area (Å²) in [4.78, 5) is 10.9. The first kappa shape index (κ1) is 11.9. The highest BCUT2D eigenvalue weighted by Gasteiger charge is 2.25. The van der Waals surface area contributed by atoms with Gasteiger partial charge in [0.05, 0.1) is 6.04 Å². The number of carbonyl (C=O) groups excluding carboxylic acids is 1. The topological polar surface area (TPSA) is 56.8 Å². The Balaban J connectivity index is 0.00000108. The number of fused-ring (bicyclic) bond motifs is 1. The highest BCUT2D eigenvalue weighted by Crippen LogP contribution is 2.33. The average Bonchev–Trinajstić information content (AvgIpc) is 2.75. The largest absolute Gasteiger partial charge is 0.486 e. The molecule has 0 saturated carbocycles. The Morgan fingerprint density at radius 2 is 1.88 bits per heavy atom. The summed E-state index contributed by atoms with van der Waals surface area (Å²) in [6, 6.07) is 5.55. The molecule has 0 spiro atoms. The van der Waals surface area contributed by atoms with Gasteiger partial charge >= 0.3 is 6.09 Å². The van der Waals surface area contributed by atoms with Crippen molar-refractivity contribution in [3.05, 3.63) is 23.8 Å². The summed E-state index contributed by atoms with van der Waals surface area (Å²) in [5, 5.41) is 2.72. The highest BCUT2D eigenvalue weighted by atomic mass is 35.5. The zero-order valence-electron chi connectivity index (χ0n) is 8.97. The molecule has 1 atom stereocenters. The monoisotopic (exact) mass is 257 g/mol. The smallest absolute Gasteiger partial charge is 0.407 e. The molecule has 3 rings (SSSR count). The van der Waals surface area contributed by atoms with Crippen molar-refractivity contribution in [2.45, 2.75) is 6.04 Å². The average molecular weight is 258 g/mol. The van der Waals surface area contributed by atoms with Crippen LogP contribution in [0.5, 0.6) is 11.5 Å². The van der Waals surface area contributed by atoms with Crippen LogP contribution in [0.15, 0.2) is 18.2 Å². The van der Waals surface area contributed by atoms with Gasteiger partial charge in [-0.25, -0.2) is 4.79 Å². The molecule has 2 aliphatic rings. The number of halogens is 1. The van der Waals surface area contributed by atoms with Crippen molar-refractivity contribution in [2.75, 3.05) is 19.8 Å². The van der Waals surface area contributed by atoms with Crippen molar-refractivity contribution in [1.29, 1.82) is 0 Å². The molecular weight excluding hydrogens is 246 g/mol. The molecule has 1 saturated heterocycles. The number of alkyl carbamates (subject to hydrolysis) is 1. The van der Waals surface area contributed by atoms with Crippen LogP contribution in [0, 0.1) is 0 Å². The molecular formula is C11H12ClNO4. The van der Waals surface area contributed by atoms with E-state index in [1.807, 2.05) is 18.2 Å². The lowest BCUT2D eigenvalue weighted by atomic mass is 10.1. The number of rotatable bonds is 1. The van der Waals surface area contributed by atoms with E-state index in [1.165, 1.54) is 0 Å². The fourth-order valence-corrected chi connectivity index (χ4v) is 1.84. The van der Waals surface area contributed by atoms with E-state index in [-0.39, 0.29) is 24.5 Å². The van der Waals surface area contributed by atoms with Crippen molar-refractivity contribution >= 4 is 18.5 Å². The molecule has 1 fully saturated rings. The molecule has 5 nitrogen and oxygen atoms in total. The van der Waals surface area contributed by atoms with Gasteiger partial charge in [0.15, 0.2) is 11.5 Å². The lowest BCUT2D eigenvalue weighted by molar-refractivity contribution is 0.171. The maximum absolute atomic E-state index is 10.9. The van der Waals surface area contributed by atoms with E-state index in [0.717, 1.165) is 17.1 Å². The Morgan fingerprint density at radius 1 is 1.12 bits per heavy atom. The van der Waals surface area contributed by atoms with Crippen molar-refractivity contribution in [2.24, 2.45) is 0 Å². The molecule has 1 aromatic carbocycles.